The van der Waals surface area contributed by atoms with Gasteiger partial charge in [-0.2, -0.15) is 0 Å². The van der Waals surface area contributed by atoms with Crippen LogP contribution in [0, 0.1) is 13.8 Å². The molecule has 0 aromatic heterocycles. The summed E-state index contributed by atoms with van der Waals surface area (Å²) in [6.07, 6.45) is 2.14. The Morgan fingerprint density at radius 2 is 1.92 bits per heavy atom. The molecule has 1 amide bonds. The number of methoxy groups -OCH3 is 1. The summed E-state index contributed by atoms with van der Waals surface area (Å²) in [6.45, 7) is 6.70. The molecule has 0 bridgehead atoms. The molecular formula is C22H29NO3. The fourth-order valence-electron chi connectivity index (χ4n) is 2.66. The molecule has 0 fully saturated rings. The van der Waals surface area contributed by atoms with Crippen molar-refractivity contribution in [3.63, 3.8) is 0 Å². The van der Waals surface area contributed by atoms with Gasteiger partial charge in [0.05, 0.1) is 12.7 Å². The third kappa shape index (κ3) is 6.19. The molecule has 4 nitrogen and oxygen atoms in total. The first-order valence-electron chi connectivity index (χ1n) is 9.12. The molecule has 2 rings (SSSR count). The van der Waals surface area contributed by atoms with Gasteiger partial charge in [0.25, 0.3) is 0 Å². The largest absolute Gasteiger partial charge is 0.493 e. The molecule has 1 N–H and O–H groups in total. The lowest BCUT2D eigenvalue weighted by atomic mass is 10.1. The molecule has 0 aliphatic carbocycles. The van der Waals surface area contributed by atoms with E-state index in [0.717, 1.165) is 35.4 Å². The minimum Gasteiger partial charge on any atom is -0.493 e. The summed E-state index contributed by atoms with van der Waals surface area (Å²) < 4.78 is 11.1. The minimum atomic E-state index is 0.00841. The normalized spacial score (nSPS) is 11.8. The Balaban J connectivity index is 1.71. The second-order valence-electron chi connectivity index (χ2n) is 6.63. The number of anilines is 1. The molecular weight excluding hydrogens is 326 g/mol. The lowest BCUT2D eigenvalue weighted by molar-refractivity contribution is -0.116. The first kappa shape index (κ1) is 20.0. The Hall–Kier alpha value is -2.33. The zero-order chi connectivity index (χ0) is 18.9. The Labute approximate surface area is 156 Å². The highest BCUT2D eigenvalue weighted by atomic mass is 16.5. The highest BCUT2D eigenvalue weighted by Gasteiger charge is 2.07. The van der Waals surface area contributed by atoms with Crippen molar-refractivity contribution in [2.24, 2.45) is 0 Å². The summed E-state index contributed by atoms with van der Waals surface area (Å²) in [6, 6.07) is 14.0. The highest BCUT2D eigenvalue weighted by Crippen LogP contribution is 2.21. The van der Waals surface area contributed by atoms with Crippen LogP contribution in [0.2, 0.25) is 0 Å². The quantitative estimate of drug-likeness (QED) is 0.629. The van der Waals surface area contributed by atoms with E-state index in [0.29, 0.717) is 13.0 Å². The summed E-state index contributed by atoms with van der Waals surface area (Å²) >= 11 is 0. The van der Waals surface area contributed by atoms with Crippen molar-refractivity contribution >= 4 is 11.6 Å². The number of hydrogen-bond acceptors (Lipinski definition) is 3. The monoisotopic (exact) mass is 355 g/mol. The van der Waals surface area contributed by atoms with Crippen molar-refractivity contribution in [2.75, 3.05) is 19.0 Å². The lowest BCUT2D eigenvalue weighted by Gasteiger charge is -2.12. The Morgan fingerprint density at radius 1 is 1.12 bits per heavy atom. The van der Waals surface area contributed by atoms with Crippen LogP contribution < -0.4 is 10.1 Å². The molecule has 2 aromatic carbocycles. The first-order chi connectivity index (χ1) is 12.5. The fraction of sp³-hybridized carbons (Fsp3) is 0.409. The number of hydrogen-bond donors (Lipinski definition) is 1. The van der Waals surface area contributed by atoms with E-state index in [9.17, 15) is 4.79 Å². The summed E-state index contributed by atoms with van der Waals surface area (Å²) in [5.41, 5.74) is 4.18. The summed E-state index contributed by atoms with van der Waals surface area (Å²) in [5.74, 6) is 0.956. The Morgan fingerprint density at radius 3 is 2.69 bits per heavy atom. The molecule has 26 heavy (non-hydrogen) atoms. The van der Waals surface area contributed by atoms with Gasteiger partial charge in [-0.25, -0.2) is 0 Å². The molecule has 0 spiro atoms. The highest BCUT2D eigenvalue weighted by molar-refractivity contribution is 5.90. The van der Waals surface area contributed by atoms with Crippen LogP contribution in [0.4, 0.5) is 5.69 Å². The van der Waals surface area contributed by atoms with Crippen LogP contribution in [0.25, 0.3) is 0 Å². The predicted octanol–water partition coefficient (Wildman–Crippen LogP) is 5.20. The Bertz CT molecular complexity index is 727. The van der Waals surface area contributed by atoms with Crippen molar-refractivity contribution in [2.45, 2.75) is 46.1 Å². The van der Waals surface area contributed by atoms with Crippen LogP contribution in [0.5, 0.6) is 5.75 Å². The van der Waals surface area contributed by atoms with Gasteiger partial charge < -0.3 is 14.8 Å². The minimum absolute atomic E-state index is 0.00841. The van der Waals surface area contributed by atoms with E-state index in [1.54, 1.807) is 7.11 Å². The third-order valence-electron chi connectivity index (χ3n) is 4.39. The van der Waals surface area contributed by atoms with E-state index in [1.807, 2.05) is 38.1 Å². The molecule has 0 saturated carbocycles. The number of ether oxygens (including phenoxy) is 2. The molecule has 0 saturated heterocycles. The van der Waals surface area contributed by atoms with Crippen LogP contribution in [0.15, 0.2) is 42.5 Å². The molecule has 0 aliphatic heterocycles. The number of carbonyl (C=O) groups excluding carboxylic acids is 1. The molecule has 1 atom stereocenters. The van der Waals surface area contributed by atoms with E-state index in [2.05, 4.69) is 30.4 Å². The standard InChI is InChI=1S/C22H29NO3/c1-16-11-12-17(2)21(14-16)26-13-6-5-10-22(24)23-20-9-7-8-19(15-20)18(3)25-4/h7-9,11-12,14-15,18H,5-6,10,13H2,1-4H3,(H,23,24). The number of nitrogens with one attached hydrogen (secondary N) is 1. The molecule has 0 heterocycles. The maximum atomic E-state index is 12.1. The second-order valence-corrected chi connectivity index (χ2v) is 6.63. The number of carbonyl (C=O) groups is 1. The zero-order valence-electron chi connectivity index (χ0n) is 16.2. The molecule has 0 aliphatic rings. The van der Waals surface area contributed by atoms with E-state index >= 15 is 0 Å². The molecule has 4 heteroatoms. The van der Waals surface area contributed by atoms with Gasteiger partial charge in [0.1, 0.15) is 5.75 Å². The van der Waals surface area contributed by atoms with Crippen molar-refractivity contribution in [1.29, 1.82) is 0 Å². The molecule has 0 radical (unpaired) electrons. The maximum absolute atomic E-state index is 12.1. The first-order valence-corrected chi connectivity index (χ1v) is 9.12. The SMILES string of the molecule is COC(C)c1cccc(NC(=O)CCCCOc2cc(C)ccc2C)c1. The van der Waals surface area contributed by atoms with E-state index in [4.69, 9.17) is 9.47 Å². The fourth-order valence-corrected chi connectivity index (χ4v) is 2.66. The van der Waals surface area contributed by atoms with Gasteiger partial charge in [0, 0.05) is 19.2 Å². The zero-order valence-corrected chi connectivity index (χ0v) is 16.2. The summed E-state index contributed by atoms with van der Waals surface area (Å²) in [5, 5.41) is 2.95. The summed E-state index contributed by atoms with van der Waals surface area (Å²) in [7, 11) is 1.68. The number of unbranched alkanes of at least 4 members (excludes halogenated alkanes) is 1. The number of amides is 1. The van der Waals surface area contributed by atoms with Gasteiger partial charge in [-0.15, -0.1) is 0 Å². The van der Waals surface area contributed by atoms with Crippen LogP contribution in [-0.4, -0.2) is 19.6 Å². The van der Waals surface area contributed by atoms with Crippen molar-refractivity contribution in [3.8, 4) is 5.75 Å². The van der Waals surface area contributed by atoms with Crippen molar-refractivity contribution in [3.05, 3.63) is 59.2 Å². The van der Waals surface area contributed by atoms with Crippen LogP contribution in [0.1, 0.15) is 49.0 Å². The van der Waals surface area contributed by atoms with Gasteiger partial charge >= 0.3 is 0 Å². The summed E-state index contributed by atoms with van der Waals surface area (Å²) in [4.78, 5) is 12.1. The smallest absolute Gasteiger partial charge is 0.224 e. The van der Waals surface area contributed by atoms with Gasteiger partial charge in [-0.1, -0.05) is 24.3 Å². The predicted molar refractivity (Wildman–Crippen MR) is 106 cm³/mol. The van der Waals surface area contributed by atoms with Crippen molar-refractivity contribution in [1.82, 2.24) is 0 Å². The van der Waals surface area contributed by atoms with E-state index in [-0.39, 0.29) is 12.0 Å². The van der Waals surface area contributed by atoms with Gasteiger partial charge in [0.2, 0.25) is 5.91 Å². The van der Waals surface area contributed by atoms with Crippen LogP contribution >= 0.6 is 0 Å². The third-order valence-corrected chi connectivity index (χ3v) is 4.39. The second kappa shape index (κ2) is 9.97. The molecule has 140 valence electrons. The van der Waals surface area contributed by atoms with Gasteiger partial charge in [0.15, 0.2) is 0 Å². The van der Waals surface area contributed by atoms with Crippen LogP contribution in [0.3, 0.4) is 0 Å². The van der Waals surface area contributed by atoms with E-state index < -0.39 is 0 Å². The van der Waals surface area contributed by atoms with Crippen LogP contribution in [-0.2, 0) is 9.53 Å². The molecule has 2 aromatic rings. The van der Waals surface area contributed by atoms with Gasteiger partial charge in [-0.3, -0.25) is 4.79 Å². The molecule has 1 unspecified atom stereocenters. The lowest BCUT2D eigenvalue weighted by Crippen LogP contribution is -2.12. The topological polar surface area (TPSA) is 47.6 Å². The average molecular weight is 355 g/mol. The van der Waals surface area contributed by atoms with Gasteiger partial charge in [-0.05, 0) is 68.5 Å². The van der Waals surface area contributed by atoms with E-state index in [1.165, 1.54) is 5.56 Å². The Kier molecular flexibility index (Phi) is 7.67. The maximum Gasteiger partial charge on any atom is 0.224 e. The average Bonchev–Trinajstić information content (AvgIpc) is 2.63. The number of rotatable bonds is 9. The van der Waals surface area contributed by atoms with Crippen molar-refractivity contribution < 1.29 is 14.3 Å². The number of aryl methyl sites for hydroxylation is 2. The number of benzene rings is 2.